The Kier molecular flexibility index (Phi) is 3.31. The molecule has 0 radical (unpaired) electrons. The second kappa shape index (κ2) is 5.38. The number of nitro groups is 1. The molecule has 2 aromatic carbocycles. The number of ether oxygens (including phenoxy) is 1. The average Bonchev–Trinajstić information content (AvgIpc) is 3.04. The molecule has 1 N–H and O–H groups in total. The van der Waals surface area contributed by atoms with E-state index >= 15 is 0 Å². The molecule has 122 valence electrons. The van der Waals surface area contributed by atoms with E-state index in [1.54, 1.807) is 12.1 Å². The Morgan fingerprint density at radius 2 is 2.08 bits per heavy atom. The fourth-order valence-electron chi connectivity index (χ4n) is 3.49. The molecule has 2 aromatic rings. The van der Waals surface area contributed by atoms with Crippen molar-refractivity contribution in [1.29, 1.82) is 0 Å². The molecular weight excluding hydrogens is 312 g/mol. The molecule has 1 unspecified atom stereocenters. The molecular formula is C17H14N2O5. The number of non-ortho nitro benzene ring substituents is 1. The van der Waals surface area contributed by atoms with E-state index in [-0.39, 0.29) is 11.8 Å². The van der Waals surface area contributed by atoms with Gasteiger partial charge in [0.2, 0.25) is 0 Å². The van der Waals surface area contributed by atoms with Crippen molar-refractivity contribution < 1.29 is 19.2 Å². The van der Waals surface area contributed by atoms with Gasteiger partial charge in [0.25, 0.3) is 17.5 Å². The van der Waals surface area contributed by atoms with Crippen molar-refractivity contribution in [2.75, 3.05) is 6.61 Å². The Balaban J connectivity index is 1.93. The largest absolute Gasteiger partial charge is 0.378 e. The topological polar surface area (TPSA) is 98.5 Å². The first-order valence-corrected chi connectivity index (χ1v) is 7.76. The zero-order valence-corrected chi connectivity index (χ0v) is 12.7. The van der Waals surface area contributed by atoms with Crippen LogP contribution in [0.2, 0.25) is 0 Å². The molecule has 2 heterocycles. The number of imide groups is 1. The smallest absolute Gasteiger partial charge is 0.270 e. The molecule has 2 aliphatic rings. The van der Waals surface area contributed by atoms with Gasteiger partial charge in [0, 0.05) is 30.7 Å². The number of carbonyl (C=O) groups is 2. The SMILES string of the molecule is O=C1NC(=O)c2c(CC3CCCO3)c1cc1cc([N+](=O)[O-])ccc21. The minimum Gasteiger partial charge on any atom is -0.378 e. The molecule has 1 saturated heterocycles. The molecule has 1 atom stereocenters. The van der Waals surface area contributed by atoms with Gasteiger partial charge in [0.05, 0.1) is 16.6 Å². The van der Waals surface area contributed by atoms with Gasteiger partial charge in [-0.25, -0.2) is 0 Å². The van der Waals surface area contributed by atoms with Crippen molar-refractivity contribution in [2.24, 2.45) is 0 Å². The van der Waals surface area contributed by atoms with Gasteiger partial charge in [-0.2, -0.15) is 0 Å². The van der Waals surface area contributed by atoms with Gasteiger partial charge >= 0.3 is 0 Å². The fraction of sp³-hybridized carbons (Fsp3) is 0.294. The van der Waals surface area contributed by atoms with Gasteiger partial charge in [-0.3, -0.25) is 25.0 Å². The summed E-state index contributed by atoms with van der Waals surface area (Å²) in [6, 6.07) is 5.96. The average molecular weight is 326 g/mol. The molecule has 0 saturated carbocycles. The lowest BCUT2D eigenvalue weighted by Gasteiger charge is -2.23. The molecule has 24 heavy (non-hydrogen) atoms. The molecule has 2 bridgehead atoms. The summed E-state index contributed by atoms with van der Waals surface area (Å²) in [4.78, 5) is 35.1. The van der Waals surface area contributed by atoms with Gasteiger partial charge in [-0.05, 0) is 41.3 Å². The van der Waals surface area contributed by atoms with Crippen LogP contribution in [0.3, 0.4) is 0 Å². The van der Waals surface area contributed by atoms with Crippen LogP contribution in [0, 0.1) is 10.1 Å². The minimum atomic E-state index is -0.493. The van der Waals surface area contributed by atoms with Crippen LogP contribution in [-0.2, 0) is 11.2 Å². The van der Waals surface area contributed by atoms with Crippen LogP contribution in [0.25, 0.3) is 10.8 Å². The van der Waals surface area contributed by atoms with Crippen molar-refractivity contribution in [1.82, 2.24) is 5.32 Å². The van der Waals surface area contributed by atoms with Gasteiger partial charge in [0.1, 0.15) is 0 Å². The number of nitro benzene ring substituents is 1. The zero-order chi connectivity index (χ0) is 16.8. The number of nitrogens with one attached hydrogen (secondary N) is 1. The van der Waals surface area contributed by atoms with Crippen molar-refractivity contribution in [3.05, 3.63) is 51.1 Å². The minimum absolute atomic E-state index is 0.00306. The van der Waals surface area contributed by atoms with Gasteiger partial charge < -0.3 is 4.74 Å². The Hall–Kier alpha value is -2.80. The number of hydrogen-bond donors (Lipinski definition) is 1. The number of carbonyl (C=O) groups excluding carboxylic acids is 2. The summed E-state index contributed by atoms with van der Waals surface area (Å²) >= 11 is 0. The Morgan fingerprint density at radius 3 is 2.79 bits per heavy atom. The molecule has 7 heteroatoms. The van der Waals surface area contributed by atoms with E-state index in [1.165, 1.54) is 12.1 Å². The van der Waals surface area contributed by atoms with Crippen molar-refractivity contribution in [3.63, 3.8) is 0 Å². The van der Waals surface area contributed by atoms with Crippen LogP contribution in [0.15, 0.2) is 24.3 Å². The van der Waals surface area contributed by atoms with E-state index in [4.69, 9.17) is 4.74 Å². The number of hydrogen-bond acceptors (Lipinski definition) is 5. The lowest BCUT2D eigenvalue weighted by atomic mass is 9.87. The summed E-state index contributed by atoms with van der Waals surface area (Å²) in [7, 11) is 0. The number of fused-ring (bicyclic) bond motifs is 4. The maximum absolute atomic E-state index is 12.4. The highest BCUT2D eigenvalue weighted by atomic mass is 16.6. The Morgan fingerprint density at radius 1 is 1.25 bits per heavy atom. The lowest BCUT2D eigenvalue weighted by Crippen LogP contribution is -2.37. The summed E-state index contributed by atoms with van der Waals surface area (Å²) in [5.41, 5.74) is 1.43. The van der Waals surface area contributed by atoms with E-state index in [1.807, 2.05) is 0 Å². The second-order valence-electron chi connectivity index (χ2n) is 6.06. The Bertz CT molecular complexity index is 899. The quantitative estimate of drug-likeness (QED) is 0.530. The van der Waals surface area contributed by atoms with Crippen LogP contribution < -0.4 is 5.32 Å². The van der Waals surface area contributed by atoms with E-state index in [9.17, 15) is 19.7 Å². The maximum Gasteiger partial charge on any atom is 0.270 e. The van der Waals surface area contributed by atoms with E-state index in [0.717, 1.165) is 12.8 Å². The highest BCUT2D eigenvalue weighted by Crippen LogP contribution is 2.33. The number of amides is 2. The third kappa shape index (κ3) is 2.25. The Labute approximate surface area is 136 Å². The maximum atomic E-state index is 12.4. The monoisotopic (exact) mass is 326 g/mol. The van der Waals surface area contributed by atoms with Crippen molar-refractivity contribution in [2.45, 2.75) is 25.4 Å². The van der Waals surface area contributed by atoms with Gasteiger partial charge in [0.15, 0.2) is 0 Å². The third-order valence-electron chi connectivity index (χ3n) is 4.60. The second-order valence-corrected chi connectivity index (χ2v) is 6.06. The van der Waals surface area contributed by atoms with Gasteiger partial charge in [-0.1, -0.05) is 0 Å². The van der Waals surface area contributed by atoms with Crippen molar-refractivity contribution in [3.8, 4) is 0 Å². The first-order chi connectivity index (χ1) is 11.5. The molecule has 2 amide bonds. The van der Waals surface area contributed by atoms with E-state index in [2.05, 4.69) is 5.32 Å². The number of nitrogens with zero attached hydrogens (tertiary/aromatic N) is 1. The standard InChI is InChI=1S/C17H14N2O5/c20-16-14-7-9-6-10(19(22)23)3-4-12(9)15(17(21)18-16)13(14)8-11-2-1-5-24-11/h3-4,6-7,11H,1-2,5,8H2,(H,18,20,21). The molecule has 0 aromatic heterocycles. The molecule has 2 aliphatic heterocycles. The molecule has 0 spiro atoms. The molecule has 4 rings (SSSR count). The van der Waals surface area contributed by atoms with Crippen LogP contribution in [-0.4, -0.2) is 29.4 Å². The van der Waals surface area contributed by atoms with E-state index in [0.29, 0.717) is 40.5 Å². The summed E-state index contributed by atoms with van der Waals surface area (Å²) < 4.78 is 5.64. The zero-order valence-electron chi connectivity index (χ0n) is 12.7. The molecule has 0 aliphatic carbocycles. The summed E-state index contributed by atoms with van der Waals surface area (Å²) in [6.07, 6.45) is 2.36. The van der Waals surface area contributed by atoms with Crippen molar-refractivity contribution >= 4 is 28.3 Å². The highest BCUT2D eigenvalue weighted by Gasteiger charge is 2.31. The normalized spacial score (nSPS) is 19.6. The molecule has 7 nitrogen and oxygen atoms in total. The molecule has 1 fully saturated rings. The van der Waals surface area contributed by atoms with E-state index < -0.39 is 16.7 Å². The first-order valence-electron chi connectivity index (χ1n) is 7.76. The number of rotatable bonds is 3. The fourth-order valence-corrected chi connectivity index (χ4v) is 3.49. The first kappa shape index (κ1) is 14.8. The predicted molar refractivity (Wildman–Crippen MR) is 85.1 cm³/mol. The van der Waals surface area contributed by atoms with Crippen LogP contribution in [0.1, 0.15) is 39.1 Å². The van der Waals surface area contributed by atoms with Crippen LogP contribution in [0.5, 0.6) is 0 Å². The number of benzene rings is 2. The van der Waals surface area contributed by atoms with Crippen LogP contribution >= 0.6 is 0 Å². The highest BCUT2D eigenvalue weighted by molar-refractivity contribution is 6.22. The predicted octanol–water partition coefficient (Wildman–Crippen LogP) is 2.35. The summed E-state index contributed by atoms with van der Waals surface area (Å²) in [6.45, 7) is 0.690. The third-order valence-corrected chi connectivity index (χ3v) is 4.60. The lowest BCUT2D eigenvalue weighted by molar-refractivity contribution is -0.384. The van der Waals surface area contributed by atoms with Gasteiger partial charge in [-0.15, -0.1) is 0 Å². The summed E-state index contributed by atoms with van der Waals surface area (Å²) in [5.74, 6) is -0.922. The van der Waals surface area contributed by atoms with Crippen LogP contribution in [0.4, 0.5) is 5.69 Å². The summed E-state index contributed by atoms with van der Waals surface area (Å²) in [5, 5.41) is 14.4.